The van der Waals surface area contributed by atoms with E-state index in [9.17, 15) is 9.59 Å². The van der Waals surface area contributed by atoms with E-state index in [1.807, 2.05) is 58.6 Å². The van der Waals surface area contributed by atoms with Crippen LogP contribution in [0.3, 0.4) is 0 Å². The van der Waals surface area contributed by atoms with Crippen LogP contribution >= 0.6 is 0 Å². The summed E-state index contributed by atoms with van der Waals surface area (Å²) in [6.07, 6.45) is 0.732. The van der Waals surface area contributed by atoms with Crippen LogP contribution < -0.4 is 5.32 Å². The molecule has 2 rings (SSSR count). The number of ether oxygens (including phenoxy) is 1. The van der Waals surface area contributed by atoms with E-state index >= 15 is 0 Å². The van der Waals surface area contributed by atoms with E-state index in [4.69, 9.17) is 4.74 Å². The normalized spacial score (nSPS) is 19.5. The standard InChI is InChI=1S/C20H30N2O3/c1-13-7-8-17(14(2)11-13)21-18(23)15(3)22-10-9-16(12-22)19(24)25-20(4,5)6/h7-8,11,15-16H,9-10,12H2,1-6H3,(H,21,23)/t15-,16-/m0/s1. The van der Waals surface area contributed by atoms with Crippen LogP contribution in [0.2, 0.25) is 0 Å². The minimum absolute atomic E-state index is 0.0446. The third-order valence-electron chi connectivity index (χ3n) is 4.53. The second-order valence-electron chi connectivity index (χ2n) is 8.00. The molecule has 5 heteroatoms. The fraction of sp³-hybridized carbons (Fsp3) is 0.600. The number of carbonyl (C=O) groups is 2. The molecular formula is C20H30N2O3. The highest BCUT2D eigenvalue weighted by Crippen LogP contribution is 2.23. The summed E-state index contributed by atoms with van der Waals surface area (Å²) in [7, 11) is 0. The van der Waals surface area contributed by atoms with Crippen LogP contribution in [0.25, 0.3) is 0 Å². The number of carbonyl (C=O) groups excluding carboxylic acids is 2. The third kappa shape index (κ3) is 5.30. The molecule has 1 aromatic carbocycles. The molecule has 5 nitrogen and oxygen atoms in total. The lowest BCUT2D eigenvalue weighted by atomic mass is 10.1. The molecule has 1 heterocycles. The van der Waals surface area contributed by atoms with Gasteiger partial charge in [-0.3, -0.25) is 14.5 Å². The van der Waals surface area contributed by atoms with Crippen molar-refractivity contribution in [3.05, 3.63) is 29.3 Å². The molecule has 25 heavy (non-hydrogen) atoms. The van der Waals surface area contributed by atoms with E-state index in [0.29, 0.717) is 6.54 Å². The summed E-state index contributed by atoms with van der Waals surface area (Å²) in [6, 6.07) is 5.69. The lowest BCUT2D eigenvalue weighted by Crippen LogP contribution is -2.41. The van der Waals surface area contributed by atoms with Gasteiger partial charge in [0, 0.05) is 12.2 Å². The van der Waals surface area contributed by atoms with Gasteiger partial charge in [0.15, 0.2) is 0 Å². The van der Waals surface area contributed by atoms with Crippen molar-refractivity contribution in [1.82, 2.24) is 4.90 Å². The predicted octanol–water partition coefficient (Wildman–Crippen LogP) is 3.29. The lowest BCUT2D eigenvalue weighted by Gasteiger charge is -2.25. The van der Waals surface area contributed by atoms with Gasteiger partial charge in [0.2, 0.25) is 5.91 Å². The fourth-order valence-corrected chi connectivity index (χ4v) is 3.07. The second kappa shape index (κ2) is 7.56. The zero-order valence-corrected chi connectivity index (χ0v) is 16.2. The molecule has 138 valence electrons. The number of benzene rings is 1. The van der Waals surface area contributed by atoms with Gasteiger partial charge in [-0.2, -0.15) is 0 Å². The summed E-state index contributed by atoms with van der Waals surface area (Å²) < 4.78 is 5.47. The average molecular weight is 346 g/mol. The fourth-order valence-electron chi connectivity index (χ4n) is 3.07. The number of aryl methyl sites for hydroxylation is 2. The molecule has 0 bridgehead atoms. The Morgan fingerprint density at radius 3 is 2.56 bits per heavy atom. The molecular weight excluding hydrogens is 316 g/mol. The first-order valence-electron chi connectivity index (χ1n) is 8.92. The minimum atomic E-state index is -0.476. The zero-order chi connectivity index (χ0) is 18.8. The molecule has 1 aliphatic rings. The van der Waals surface area contributed by atoms with Gasteiger partial charge in [-0.05, 0) is 66.1 Å². The molecule has 0 saturated carbocycles. The minimum Gasteiger partial charge on any atom is -0.460 e. The van der Waals surface area contributed by atoms with Crippen LogP contribution in [0.1, 0.15) is 45.2 Å². The van der Waals surface area contributed by atoms with E-state index in [1.54, 1.807) is 0 Å². The van der Waals surface area contributed by atoms with Crippen LogP contribution in [-0.4, -0.2) is 41.5 Å². The summed E-state index contributed by atoms with van der Waals surface area (Å²) >= 11 is 0. The smallest absolute Gasteiger partial charge is 0.310 e. The van der Waals surface area contributed by atoms with E-state index in [0.717, 1.165) is 24.2 Å². The lowest BCUT2D eigenvalue weighted by molar-refractivity contribution is -0.159. The topological polar surface area (TPSA) is 58.6 Å². The van der Waals surface area contributed by atoms with Crippen LogP contribution in [0.4, 0.5) is 5.69 Å². The molecule has 1 aromatic rings. The summed E-state index contributed by atoms with van der Waals surface area (Å²) in [6.45, 7) is 12.8. The molecule has 1 N–H and O–H groups in total. The molecule has 2 atom stereocenters. The summed E-state index contributed by atoms with van der Waals surface area (Å²) in [5.41, 5.74) is 2.58. The quantitative estimate of drug-likeness (QED) is 0.850. The van der Waals surface area contributed by atoms with E-state index in [2.05, 4.69) is 11.4 Å². The number of rotatable bonds is 4. The highest BCUT2D eigenvalue weighted by Gasteiger charge is 2.35. The highest BCUT2D eigenvalue weighted by molar-refractivity contribution is 5.95. The molecule has 0 unspecified atom stereocenters. The van der Waals surface area contributed by atoms with Gasteiger partial charge >= 0.3 is 5.97 Å². The number of hydrogen-bond acceptors (Lipinski definition) is 4. The summed E-state index contributed by atoms with van der Waals surface area (Å²) in [5, 5.41) is 3.00. The van der Waals surface area contributed by atoms with Crippen LogP contribution in [0.5, 0.6) is 0 Å². The van der Waals surface area contributed by atoms with Crippen molar-refractivity contribution in [2.75, 3.05) is 18.4 Å². The third-order valence-corrected chi connectivity index (χ3v) is 4.53. The van der Waals surface area contributed by atoms with Gasteiger partial charge in [0.1, 0.15) is 5.60 Å². The van der Waals surface area contributed by atoms with Crippen LogP contribution in [0, 0.1) is 19.8 Å². The van der Waals surface area contributed by atoms with Gasteiger partial charge in [-0.25, -0.2) is 0 Å². The van der Waals surface area contributed by atoms with Crippen molar-refractivity contribution in [2.45, 2.75) is 59.6 Å². The average Bonchev–Trinajstić information content (AvgIpc) is 2.97. The number of nitrogens with zero attached hydrogens (tertiary/aromatic N) is 1. The maximum Gasteiger partial charge on any atom is 0.310 e. The molecule has 1 aliphatic heterocycles. The molecule has 1 amide bonds. The van der Waals surface area contributed by atoms with Gasteiger partial charge < -0.3 is 10.1 Å². The second-order valence-corrected chi connectivity index (χ2v) is 8.00. The first-order valence-corrected chi connectivity index (χ1v) is 8.92. The monoisotopic (exact) mass is 346 g/mol. The van der Waals surface area contributed by atoms with Crippen molar-refractivity contribution in [2.24, 2.45) is 5.92 Å². The van der Waals surface area contributed by atoms with Crippen molar-refractivity contribution in [3.8, 4) is 0 Å². The molecule has 0 spiro atoms. The Morgan fingerprint density at radius 1 is 1.28 bits per heavy atom. The molecule has 1 saturated heterocycles. The number of hydrogen-bond donors (Lipinski definition) is 1. The first kappa shape index (κ1) is 19.4. The Hall–Kier alpha value is -1.88. The van der Waals surface area contributed by atoms with Crippen molar-refractivity contribution in [3.63, 3.8) is 0 Å². The first-order chi connectivity index (χ1) is 11.6. The molecule has 0 radical (unpaired) electrons. The summed E-state index contributed by atoms with van der Waals surface area (Å²) in [4.78, 5) is 26.8. The Balaban J connectivity index is 1.93. The van der Waals surface area contributed by atoms with Gasteiger partial charge in [0.25, 0.3) is 0 Å². The van der Waals surface area contributed by atoms with Crippen LogP contribution in [0.15, 0.2) is 18.2 Å². The molecule has 1 fully saturated rings. The van der Waals surface area contributed by atoms with E-state index in [1.165, 1.54) is 5.56 Å². The predicted molar refractivity (Wildman–Crippen MR) is 99.5 cm³/mol. The number of esters is 1. The van der Waals surface area contributed by atoms with Gasteiger partial charge in [0.05, 0.1) is 12.0 Å². The summed E-state index contributed by atoms with van der Waals surface area (Å²) in [5.74, 6) is -0.371. The van der Waals surface area contributed by atoms with Gasteiger partial charge in [-0.1, -0.05) is 17.7 Å². The number of amides is 1. The highest BCUT2D eigenvalue weighted by atomic mass is 16.6. The Bertz CT molecular complexity index is 649. The van der Waals surface area contributed by atoms with E-state index in [-0.39, 0.29) is 23.8 Å². The van der Waals surface area contributed by atoms with Crippen molar-refractivity contribution < 1.29 is 14.3 Å². The Morgan fingerprint density at radius 2 is 1.96 bits per heavy atom. The SMILES string of the molecule is Cc1ccc(NC(=O)[C@H](C)N2CC[C@H](C(=O)OC(C)(C)C)C2)c(C)c1. The Kier molecular flexibility index (Phi) is 5.88. The number of nitrogens with one attached hydrogen (secondary N) is 1. The zero-order valence-electron chi connectivity index (χ0n) is 16.2. The maximum absolute atomic E-state index is 12.6. The Labute approximate surface area is 150 Å². The molecule has 0 aromatic heterocycles. The van der Waals surface area contributed by atoms with Crippen molar-refractivity contribution >= 4 is 17.6 Å². The van der Waals surface area contributed by atoms with Crippen molar-refractivity contribution in [1.29, 1.82) is 0 Å². The van der Waals surface area contributed by atoms with E-state index < -0.39 is 5.60 Å². The number of likely N-dealkylation sites (tertiary alicyclic amines) is 1. The largest absolute Gasteiger partial charge is 0.460 e. The molecule has 0 aliphatic carbocycles. The number of anilines is 1. The maximum atomic E-state index is 12.6. The van der Waals surface area contributed by atoms with Crippen LogP contribution in [-0.2, 0) is 14.3 Å². The van der Waals surface area contributed by atoms with Gasteiger partial charge in [-0.15, -0.1) is 0 Å².